The maximum absolute atomic E-state index is 5.90. The minimum Gasteiger partial charge on any atom is -0.382 e. The molecule has 0 unspecified atom stereocenters. The Hall–Kier alpha value is -1.47. The monoisotopic (exact) mass is 257 g/mol. The van der Waals surface area contributed by atoms with Crippen molar-refractivity contribution in [3.8, 4) is 0 Å². The zero-order valence-corrected chi connectivity index (χ0v) is 10.9. The topological polar surface area (TPSA) is 12.0 Å². The quantitative estimate of drug-likeness (QED) is 0.841. The largest absolute Gasteiger partial charge is 0.382 e. The Kier molecular flexibility index (Phi) is 3.24. The number of halogens is 1. The van der Waals surface area contributed by atoms with Gasteiger partial charge in [-0.25, -0.2) is 0 Å². The summed E-state index contributed by atoms with van der Waals surface area (Å²) in [5, 5.41) is 4.38. The van der Waals surface area contributed by atoms with E-state index in [0.717, 1.165) is 5.02 Å². The predicted molar refractivity (Wildman–Crippen MR) is 77.3 cm³/mol. The van der Waals surface area contributed by atoms with Gasteiger partial charge in [0.25, 0.3) is 0 Å². The summed E-state index contributed by atoms with van der Waals surface area (Å²) in [6, 6.07) is 19.3. The lowest BCUT2D eigenvalue weighted by Crippen LogP contribution is -2.33. The van der Waals surface area contributed by atoms with Crippen molar-refractivity contribution in [2.24, 2.45) is 0 Å². The Morgan fingerprint density at radius 3 is 2.22 bits per heavy atom. The number of rotatable bonds is 3. The first-order chi connectivity index (χ1) is 8.81. The highest BCUT2D eigenvalue weighted by atomic mass is 35.5. The smallest absolute Gasteiger partial charge is 0.0406 e. The molecule has 0 heterocycles. The van der Waals surface area contributed by atoms with Gasteiger partial charge >= 0.3 is 0 Å². The van der Waals surface area contributed by atoms with Crippen molar-refractivity contribution in [1.29, 1.82) is 0 Å². The molecule has 1 nitrogen and oxygen atoms in total. The molecule has 1 aliphatic carbocycles. The molecule has 0 aliphatic heterocycles. The molecule has 3 rings (SSSR count). The Balaban J connectivity index is 1.56. The fourth-order valence-corrected chi connectivity index (χ4v) is 2.64. The van der Waals surface area contributed by atoms with Crippen LogP contribution in [0.5, 0.6) is 0 Å². The van der Waals surface area contributed by atoms with Gasteiger partial charge in [-0.3, -0.25) is 0 Å². The van der Waals surface area contributed by atoms with Gasteiger partial charge in [-0.1, -0.05) is 41.9 Å². The second-order valence-electron chi connectivity index (χ2n) is 4.93. The van der Waals surface area contributed by atoms with E-state index in [1.807, 2.05) is 18.2 Å². The molecule has 1 saturated carbocycles. The van der Waals surface area contributed by atoms with Crippen molar-refractivity contribution in [2.45, 2.75) is 24.8 Å². The molecule has 1 N–H and O–H groups in total. The third-order valence-electron chi connectivity index (χ3n) is 3.62. The first kappa shape index (κ1) is 11.6. The van der Waals surface area contributed by atoms with E-state index < -0.39 is 0 Å². The molecular weight excluding hydrogens is 242 g/mol. The van der Waals surface area contributed by atoms with Crippen molar-refractivity contribution >= 4 is 17.3 Å². The summed E-state index contributed by atoms with van der Waals surface area (Å²) in [4.78, 5) is 0. The highest BCUT2D eigenvalue weighted by Crippen LogP contribution is 2.38. The molecule has 92 valence electrons. The molecule has 0 amide bonds. The normalized spacial score (nSPS) is 22.3. The molecule has 2 aromatic carbocycles. The minimum atomic E-state index is 0.605. The SMILES string of the molecule is Clc1ccc(C2CC(Nc3ccccc3)C2)cc1. The third kappa shape index (κ3) is 2.51. The minimum absolute atomic E-state index is 0.605. The van der Waals surface area contributed by atoms with Crippen LogP contribution in [0.25, 0.3) is 0 Å². The molecular formula is C16H16ClN. The fourth-order valence-electron chi connectivity index (χ4n) is 2.51. The second-order valence-corrected chi connectivity index (χ2v) is 5.36. The van der Waals surface area contributed by atoms with E-state index >= 15 is 0 Å². The summed E-state index contributed by atoms with van der Waals surface area (Å²) in [5.74, 6) is 0.684. The van der Waals surface area contributed by atoms with Gasteiger partial charge < -0.3 is 5.32 Å². The van der Waals surface area contributed by atoms with Gasteiger partial charge in [0.05, 0.1) is 0 Å². The summed E-state index contributed by atoms with van der Waals surface area (Å²) in [5.41, 5.74) is 2.63. The standard InChI is InChI=1S/C16H16ClN/c17-14-8-6-12(7-9-14)13-10-16(11-13)18-15-4-2-1-3-5-15/h1-9,13,16,18H,10-11H2. The molecule has 0 aromatic heterocycles. The van der Waals surface area contributed by atoms with Crippen LogP contribution in [-0.2, 0) is 0 Å². The molecule has 2 heteroatoms. The van der Waals surface area contributed by atoms with Crippen LogP contribution in [0, 0.1) is 0 Å². The van der Waals surface area contributed by atoms with Crippen LogP contribution in [-0.4, -0.2) is 6.04 Å². The van der Waals surface area contributed by atoms with Crippen molar-refractivity contribution in [2.75, 3.05) is 5.32 Å². The average molecular weight is 258 g/mol. The fraction of sp³-hybridized carbons (Fsp3) is 0.250. The highest BCUT2D eigenvalue weighted by Gasteiger charge is 2.29. The van der Waals surface area contributed by atoms with Crippen molar-refractivity contribution < 1.29 is 0 Å². The summed E-state index contributed by atoms with van der Waals surface area (Å²) >= 11 is 5.90. The summed E-state index contributed by atoms with van der Waals surface area (Å²) < 4.78 is 0. The molecule has 18 heavy (non-hydrogen) atoms. The van der Waals surface area contributed by atoms with E-state index in [1.54, 1.807) is 0 Å². The lowest BCUT2D eigenvalue weighted by Gasteiger charge is -2.37. The van der Waals surface area contributed by atoms with Crippen LogP contribution in [0.4, 0.5) is 5.69 Å². The van der Waals surface area contributed by atoms with E-state index in [-0.39, 0.29) is 0 Å². The van der Waals surface area contributed by atoms with Gasteiger partial charge in [-0.2, -0.15) is 0 Å². The highest BCUT2D eigenvalue weighted by molar-refractivity contribution is 6.30. The van der Waals surface area contributed by atoms with Crippen LogP contribution in [0.1, 0.15) is 24.3 Å². The maximum Gasteiger partial charge on any atom is 0.0406 e. The van der Waals surface area contributed by atoms with Gasteiger partial charge in [0.2, 0.25) is 0 Å². The first-order valence-corrected chi connectivity index (χ1v) is 6.76. The van der Waals surface area contributed by atoms with E-state index in [4.69, 9.17) is 11.6 Å². The molecule has 0 saturated heterocycles. The zero-order valence-electron chi connectivity index (χ0n) is 10.1. The van der Waals surface area contributed by atoms with Crippen LogP contribution in [0.3, 0.4) is 0 Å². The van der Waals surface area contributed by atoms with Gasteiger partial charge in [0.15, 0.2) is 0 Å². The average Bonchev–Trinajstić information content (AvgIpc) is 2.36. The molecule has 0 spiro atoms. The molecule has 1 aliphatic rings. The zero-order chi connectivity index (χ0) is 12.4. The maximum atomic E-state index is 5.90. The van der Waals surface area contributed by atoms with E-state index in [2.05, 4.69) is 41.7 Å². The summed E-state index contributed by atoms with van der Waals surface area (Å²) in [7, 11) is 0. The number of hydrogen-bond acceptors (Lipinski definition) is 1. The summed E-state index contributed by atoms with van der Waals surface area (Å²) in [6.07, 6.45) is 2.41. The molecule has 2 aromatic rings. The molecule has 1 fully saturated rings. The lowest BCUT2D eigenvalue weighted by atomic mass is 9.76. The van der Waals surface area contributed by atoms with Crippen LogP contribution in [0.15, 0.2) is 54.6 Å². The third-order valence-corrected chi connectivity index (χ3v) is 3.88. The van der Waals surface area contributed by atoms with Crippen LogP contribution in [0.2, 0.25) is 5.02 Å². The lowest BCUT2D eigenvalue weighted by molar-refractivity contribution is 0.374. The van der Waals surface area contributed by atoms with Crippen molar-refractivity contribution in [1.82, 2.24) is 0 Å². The molecule has 0 bridgehead atoms. The van der Waals surface area contributed by atoms with Crippen molar-refractivity contribution in [3.63, 3.8) is 0 Å². The van der Waals surface area contributed by atoms with Crippen molar-refractivity contribution in [3.05, 3.63) is 65.2 Å². The number of nitrogens with one attached hydrogen (secondary N) is 1. The predicted octanol–water partition coefficient (Wildman–Crippen LogP) is 4.70. The molecule has 0 atom stereocenters. The van der Waals surface area contributed by atoms with Crippen LogP contribution >= 0.6 is 11.6 Å². The van der Waals surface area contributed by atoms with Crippen LogP contribution < -0.4 is 5.32 Å². The van der Waals surface area contributed by atoms with Gasteiger partial charge in [-0.15, -0.1) is 0 Å². The second kappa shape index (κ2) is 5.03. The number of hydrogen-bond donors (Lipinski definition) is 1. The van der Waals surface area contributed by atoms with Gasteiger partial charge in [-0.05, 0) is 48.6 Å². The number of anilines is 1. The molecule has 0 radical (unpaired) electrons. The van der Waals surface area contributed by atoms with Gasteiger partial charge in [0, 0.05) is 16.8 Å². The summed E-state index contributed by atoms with van der Waals surface area (Å²) in [6.45, 7) is 0. The van der Waals surface area contributed by atoms with E-state index in [1.165, 1.54) is 24.1 Å². The van der Waals surface area contributed by atoms with E-state index in [0.29, 0.717) is 12.0 Å². The van der Waals surface area contributed by atoms with Gasteiger partial charge in [0.1, 0.15) is 0 Å². The Morgan fingerprint density at radius 1 is 0.889 bits per heavy atom. The Labute approximate surface area is 113 Å². The number of benzene rings is 2. The Bertz CT molecular complexity index is 500. The first-order valence-electron chi connectivity index (χ1n) is 6.38. The Morgan fingerprint density at radius 2 is 1.56 bits per heavy atom. The van der Waals surface area contributed by atoms with E-state index in [9.17, 15) is 0 Å². The number of para-hydroxylation sites is 1.